The topological polar surface area (TPSA) is 58.6 Å². The largest absolute Gasteiger partial charge is 0.465 e. The van der Waals surface area contributed by atoms with Gasteiger partial charge in [-0.1, -0.05) is 72.8 Å². The van der Waals surface area contributed by atoms with Crippen molar-refractivity contribution in [1.82, 2.24) is 10.2 Å². The minimum Gasteiger partial charge on any atom is -0.465 e. The first-order valence-electron chi connectivity index (χ1n) is 12.8. The highest BCUT2D eigenvalue weighted by Crippen LogP contribution is 2.34. The second-order valence-electron chi connectivity index (χ2n) is 9.75. The molecule has 0 unspecified atom stereocenters. The van der Waals surface area contributed by atoms with Gasteiger partial charge in [0.1, 0.15) is 0 Å². The molecule has 37 heavy (non-hydrogen) atoms. The highest BCUT2D eigenvalue weighted by atomic mass is 16.5. The summed E-state index contributed by atoms with van der Waals surface area (Å²) in [6, 6.07) is 32.3. The van der Waals surface area contributed by atoms with Crippen molar-refractivity contribution in [3.05, 3.63) is 119 Å². The fourth-order valence-corrected chi connectivity index (χ4v) is 5.44. The van der Waals surface area contributed by atoms with Gasteiger partial charge in [-0.05, 0) is 59.0 Å². The third-order valence-corrected chi connectivity index (χ3v) is 7.48. The van der Waals surface area contributed by atoms with Crippen LogP contribution in [-0.2, 0) is 4.74 Å². The van der Waals surface area contributed by atoms with E-state index in [4.69, 9.17) is 4.74 Å². The number of ether oxygens (including phenoxy) is 1. The lowest BCUT2D eigenvalue weighted by atomic mass is 9.88. The Hall–Kier alpha value is -3.96. The summed E-state index contributed by atoms with van der Waals surface area (Å²) in [6.07, 6.45) is 0. The molecule has 3 atom stereocenters. The Morgan fingerprint density at radius 1 is 0.865 bits per heavy atom. The van der Waals surface area contributed by atoms with Crippen LogP contribution in [0.15, 0.2) is 97.1 Å². The molecule has 0 aliphatic carbocycles. The zero-order chi connectivity index (χ0) is 25.8. The zero-order valence-corrected chi connectivity index (χ0v) is 21.3. The highest BCUT2D eigenvalue weighted by molar-refractivity contribution is 5.96. The van der Waals surface area contributed by atoms with E-state index in [0.29, 0.717) is 24.2 Å². The van der Waals surface area contributed by atoms with E-state index in [1.54, 1.807) is 24.3 Å². The lowest BCUT2D eigenvalue weighted by Gasteiger charge is -2.23. The number of rotatable bonds is 7. The van der Waals surface area contributed by atoms with Crippen molar-refractivity contribution in [2.45, 2.75) is 18.9 Å². The number of carbonyl (C=O) groups is 2. The summed E-state index contributed by atoms with van der Waals surface area (Å²) in [4.78, 5) is 27.1. The number of hydrogen-bond acceptors (Lipinski definition) is 4. The molecule has 1 N–H and O–H groups in total. The quantitative estimate of drug-likeness (QED) is 0.330. The molecule has 1 fully saturated rings. The molecular weight excluding hydrogens is 460 g/mol. The van der Waals surface area contributed by atoms with E-state index in [0.717, 1.165) is 6.54 Å². The summed E-state index contributed by atoms with van der Waals surface area (Å²) in [5.74, 6) is 0.0996. The number of likely N-dealkylation sites (tertiary alicyclic amines) is 1. The molecule has 0 bridgehead atoms. The van der Waals surface area contributed by atoms with Crippen LogP contribution in [0.3, 0.4) is 0 Å². The summed E-state index contributed by atoms with van der Waals surface area (Å²) >= 11 is 0. The molecule has 0 aromatic heterocycles. The minimum atomic E-state index is -0.407. The number of fused-ring (bicyclic) bond motifs is 1. The summed E-state index contributed by atoms with van der Waals surface area (Å²) in [5, 5.41) is 6.28. The maximum atomic E-state index is 13.4. The van der Waals surface area contributed by atoms with E-state index in [1.807, 2.05) is 11.0 Å². The van der Waals surface area contributed by atoms with Gasteiger partial charge < -0.3 is 15.0 Å². The Balaban J connectivity index is 1.33. The first-order valence-corrected chi connectivity index (χ1v) is 12.8. The van der Waals surface area contributed by atoms with Gasteiger partial charge in [-0.25, -0.2) is 4.79 Å². The summed E-state index contributed by atoms with van der Waals surface area (Å²) in [6.45, 7) is 4.35. The molecule has 1 aliphatic heterocycles. The van der Waals surface area contributed by atoms with Crippen LogP contribution >= 0.6 is 0 Å². The Morgan fingerprint density at radius 3 is 2.30 bits per heavy atom. The Kier molecular flexibility index (Phi) is 7.33. The number of methoxy groups -OCH3 is 1. The van der Waals surface area contributed by atoms with Gasteiger partial charge in [0.25, 0.3) is 5.91 Å². The molecular formula is C32H32N2O3. The van der Waals surface area contributed by atoms with E-state index in [1.165, 1.54) is 29.0 Å². The molecule has 5 rings (SSSR count). The van der Waals surface area contributed by atoms with Crippen molar-refractivity contribution >= 4 is 22.6 Å². The second kappa shape index (κ2) is 11.0. The molecule has 1 heterocycles. The van der Waals surface area contributed by atoms with Crippen molar-refractivity contribution < 1.29 is 14.3 Å². The second-order valence-corrected chi connectivity index (χ2v) is 9.75. The summed E-state index contributed by atoms with van der Waals surface area (Å²) in [5.41, 5.74) is 3.55. The van der Waals surface area contributed by atoms with Gasteiger partial charge in [-0.3, -0.25) is 4.79 Å². The third kappa shape index (κ3) is 5.27. The van der Waals surface area contributed by atoms with Gasteiger partial charge in [0.05, 0.1) is 12.7 Å². The molecule has 0 spiro atoms. The lowest BCUT2D eigenvalue weighted by molar-refractivity contribution is 0.0600. The van der Waals surface area contributed by atoms with Gasteiger partial charge in [0.15, 0.2) is 0 Å². The molecule has 1 amide bonds. The van der Waals surface area contributed by atoms with Crippen LogP contribution in [0.2, 0.25) is 0 Å². The van der Waals surface area contributed by atoms with E-state index >= 15 is 0 Å². The highest BCUT2D eigenvalue weighted by Gasteiger charge is 2.36. The average molecular weight is 493 g/mol. The number of nitrogens with one attached hydrogen (secondary N) is 1. The number of hydrogen-bond donors (Lipinski definition) is 1. The summed E-state index contributed by atoms with van der Waals surface area (Å²) < 4.78 is 4.77. The number of benzene rings is 4. The van der Waals surface area contributed by atoms with E-state index in [-0.39, 0.29) is 23.8 Å². The number of carbonyl (C=O) groups excluding carboxylic acids is 2. The average Bonchev–Trinajstić information content (AvgIpc) is 3.39. The predicted molar refractivity (Wildman–Crippen MR) is 147 cm³/mol. The molecule has 0 radical (unpaired) electrons. The Labute approximate surface area is 218 Å². The Morgan fingerprint density at radius 2 is 1.54 bits per heavy atom. The van der Waals surface area contributed by atoms with Gasteiger partial charge in [0.2, 0.25) is 0 Å². The smallest absolute Gasteiger partial charge is 0.337 e. The Bertz CT molecular complexity index is 1380. The van der Waals surface area contributed by atoms with Crippen LogP contribution in [0.4, 0.5) is 0 Å². The SMILES string of the molecule is COC(=O)c1ccc(C(=O)N2C[C@H](CN[C@H](C)c3cccc4ccccc34)[C@@H](c3ccccc3)C2)cc1. The molecule has 5 nitrogen and oxygen atoms in total. The number of esters is 1. The fourth-order valence-electron chi connectivity index (χ4n) is 5.44. The van der Waals surface area contributed by atoms with Gasteiger partial charge in [0, 0.05) is 37.2 Å². The maximum absolute atomic E-state index is 13.4. The van der Waals surface area contributed by atoms with E-state index < -0.39 is 5.97 Å². The molecule has 4 aromatic carbocycles. The number of nitrogens with zero attached hydrogens (tertiary/aromatic N) is 1. The molecule has 1 aliphatic rings. The fraction of sp³-hybridized carbons (Fsp3) is 0.250. The molecule has 1 saturated heterocycles. The van der Waals surface area contributed by atoms with E-state index in [9.17, 15) is 9.59 Å². The summed E-state index contributed by atoms with van der Waals surface area (Å²) in [7, 11) is 1.35. The van der Waals surface area contributed by atoms with Crippen LogP contribution in [0.1, 0.15) is 50.7 Å². The van der Waals surface area contributed by atoms with Gasteiger partial charge in [-0.15, -0.1) is 0 Å². The first-order chi connectivity index (χ1) is 18.0. The minimum absolute atomic E-state index is 0.0121. The zero-order valence-electron chi connectivity index (χ0n) is 21.3. The van der Waals surface area contributed by atoms with Gasteiger partial charge in [-0.2, -0.15) is 0 Å². The monoisotopic (exact) mass is 492 g/mol. The van der Waals surface area contributed by atoms with Crippen molar-refractivity contribution in [3.8, 4) is 0 Å². The predicted octanol–water partition coefficient (Wildman–Crippen LogP) is 5.83. The first kappa shape index (κ1) is 24.7. The molecule has 0 saturated carbocycles. The maximum Gasteiger partial charge on any atom is 0.337 e. The standard InChI is InChI=1S/C32H32N2O3/c1-22(28-14-8-12-23-11-6-7-13-29(23)28)33-19-27-20-34(21-30(27)24-9-4-3-5-10-24)31(35)25-15-17-26(18-16-25)32(36)37-2/h3-18,22,27,30,33H,19-21H2,1-2H3/t22-,27+,30-/m1/s1. The lowest BCUT2D eigenvalue weighted by Crippen LogP contribution is -2.32. The van der Waals surface area contributed by atoms with Crippen LogP contribution in [0.25, 0.3) is 10.8 Å². The number of amides is 1. The van der Waals surface area contributed by atoms with Crippen molar-refractivity contribution in [3.63, 3.8) is 0 Å². The molecule has 5 heteroatoms. The van der Waals surface area contributed by atoms with Crippen LogP contribution in [0.5, 0.6) is 0 Å². The molecule has 188 valence electrons. The van der Waals surface area contributed by atoms with Crippen LogP contribution in [-0.4, -0.2) is 43.5 Å². The third-order valence-electron chi connectivity index (χ3n) is 7.48. The van der Waals surface area contributed by atoms with Crippen molar-refractivity contribution in [2.75, 3.05) is 26.7 Å². The van der Waals surface area contributed by atoms with Crippen LogP contribution < -0.4 is 5.32 Å². The van der Waals surface area contributed by atoms with Crippen molar-refractivity contribution in [1.29, 1.82) is 0 Å². The normalized spacial score (nSPS) is 18.1. The van der Waals surface area contributed by atoms with Gasteiger partial charge >= 0.3 is 5.97 Å². The van der Waals surface area contributed by atoms with Crippen LogP contribution in [0, 0.1) is 5.92 Å². The molecule has 4 aromatic rings. The van der Waals surface area contributed by atoms with E-state index in [2.05, 4.69) is 79.0 Å². The van der Waals surface area contributed by atoms with Crippen molar-refractivity contribution in [2.24, 2.45) is 5.92 Å².